The number of aliphatic carboxylic acids is 1. The van der Waals surface area contributed by atoms with Crippen LogP contribution in [0.4, 0.5) is 4.39 Å². The summed E-state index contributed by atoms with van der Waals surface area (Å²) in [6.45, 7) is 3.34. The highest BCUT2D eigenvalue weighted by molar-refractivity contribution is 8.01. The lowest BCUT2D eigenvalue weighted by Gasteiger charge is -2.20. The van der Waals surface area contributed by atoms with Crippen LogP contribution in [-0.4, -0.2) is 27.7 Å². The number of carbonyl (C=O) groups is 1. The Bertz CT molecular complexity index is 473. The average molecular weight is 270 g/mol. The molecule has 0 amide bonds. The van der Waals surface area contributed by atoms with Crippen molar-refractivity contribution in [3.8, 4) is 5.75 Å². The van der Waals surface area contributed by atoms with E-state index in [4.69, 9.17) is 9.84 Å². The highest BCUT2D eigenvalue weighted by atomic mass is 32.2. The third-order valence-electron chi connectivity index (χ3n) is 2.91. The highest BCUT2D eigenvalue weighted by Gasteiger charge is 2.31. The van der Waals surface area contributed by atoms with Crippen molar-refractivity contribution in [3.05, 3.63) is 29.6 Å². The summed E-state index contributed by atoms with van der Waals surface area (Å²) >= 11 is 1.34. The van der Waals surface area contributed by atoms with Crippen molar-refractivity contribution < 1.29 is 19.0 Å². The number of fused-ring (bicyclic) bond motifs is 1. The van der Waals surface area contributed by atoms with Crippen molar-refractivity contribution >= 4 is 17.7 Å². The van der Waals surface area contributed by atoms with Crippen molar-refractivity contribution in [2.24, 2.45) is 0 Å². The van der Waals surface area contributed by atoms with Crippen molar-refractivity contribution in [3.63, 3.8) is 0 Å². The van der Waals surface area contributed by atoms with Gasteiger partial charge in [-0.25, -0.2) is 4.39 Å². The van der Waals surface area contributed by atoms with Gasteiger partial charge in [-0.15, -0.1) is 11.8 Å². The lowest BCUT2D eigenvalue weighted by Crippen LogP contribution is -2.30. The van der Waals surface area contributed by atoms with Gasteiger partial charge >= 0.3 is 5.97 Å². The Morgan fingerprint density at radius 3 is 3.00 bits per heavy atom. The number of carboxylic acid groups (broad SMARTS) is 1. The van der Waals surface area contributed by atoms with E-state index in [0.717, 1.165) is 5.56 Å². The van der Waals surface area contributed by atoms with E-state index in [0.29, 0.717) is 17.9 Å². The van der Waals surface area contributed by atoms with Crippen LogP contribution in [0.2, 0.25) is 0 Å². The molecular weight excluding hydrogens is 255 g/mol. The van der Waals surface area contributed by atoms with Gasteiger partial charge < -0.3 is 9.84 Å². The third-order valence-corrected chi connectivity index (χ3v) is 4.34. The first kappa shape index (κ1) is 13.2. The summed E-state index contributed by atoms with van der Waals surface area (Å²) in [7, 11) is 0. The van der Waals surface area contributed by atoms with E-state index in [2.05, 4.69) is 0 Å². The summed E-state index contributed by atoms with van der Waals surface area (Å²) in [5.74, 6) is 0.177. The van der Waals surface area contributed by atoms with Crippen molar-refractivity contribution in [1.29, 1.82) is 0 Å². The minimum Gasteiger partial charge on any atom is -0.489 e. The minimum absolute atomic E-state index is 0.0783. The van der Waals surface area contributed by atoms with Crippen LogP contribution in [0.15, 0.2) is 18.2 Å². The molecule has 0 radical (unpaired) electrons. The van der Waals surface area contributed by atoms with Crippen molar-refractivity contribution in [1.82, 2.24) is 0 Å². The lowest BCUT2D eigenvalue weighted by molar-refractivity contribution is -0.138. The summed E-state index contributed by atoms with van der Waals surface area (Å²) in [4.78, 5) is 11.0. The van der Waals surface area contributed by atoms with Gasteiger partial charge in [0.15, 0.2) is 0 Å². The molecular formula is C13H15FO3S. The summed E-state index contributed by atoms with van der Waals surface area (Å²) in [5.41, 5.74) is 0.855. The van der Waals surface area contributed by atoms with Gasteiger partial charge in [0.05, 0.1) is 0 Å². The monoisotopic (exact) mass is 270 g/mol. The first-order valence-corrected chi connectivity index (χ1v) is 6.69. The van der Waals surface area contributed by atoms with E-state index in [-0.39, 0.29) is 11.9 Å². The van der Waals surface area contributed by atoms with E-state index in [1.54, 1.807) is 19.9 Å². The van der Waals surface area contributed by atoms with Gasteiger partial charge in [0, 0.05) is 17.7 Å². The van der Waals surface area contributed by atoms with Gasteiger partial charge in [0.2, 0.25) is 0 Å². The number of hydrogen-bond acceptors (Lipinski definition) is 3. The highest BCUT2D eigenvalue weighted by Crippen LogP contribution is 2.33. The third kappa shape index (κ3) is 2.77. The number of thioether (sulfide) groups is 1. The number of rotatable bonds is 4. The molecule has 1 aliphatic heterocycles. The Morgan fingerprint density at radius 2 is 2.33 bits per heavy atom. The summed E-state index contributed by atoms with van der Waals surface area (Å²) in [6, 6.07) is 4.47. The van der Waals surface area contributed by atoms with Crippen molar-refractivity contribution in [2.45, 2.75) is 31.1 Å². The SMILES string of the molecule is CC(C)(SCC1Cc2cc(F)ccc2O1)C(=O)O. The number of halogens is 1. The Balaban J connectivity index is 1.94. The molecule has 0 bridgehead atoms. The largest absolute Gasteiger partial charge is 0.489 e. The number of hydrogen-bond donors (Lipinski definition) is 1. The molecule has 1 aromatic carbocycles. The maximum atomic E-state index is 13.0. The second kappa shape index (κ2) is 4.80. The zero-order valence-electron chi connectivity index (χ0n) is 10.3. The van der Waals surface area contributed by atoms with E-state index in [9.17, 15) is 9.18 Å². The van der Waals surface area contributed by atoms with Crippen molar-refractivity contribution in [2.75, 3.05) is 5.75 Å². The van der Waals surface area contributed by atoms with Crippen LogP contribution in [0.1, 0.15) is 19.4 Å². The van der Waals surface area contributed by atoms with Gasteiger partial charge in [-0.05, 0) is 32.0 Å². The van der Waals surface area contributed by atoms with E-state index >= 15 is 0 Å². The Hall–Kier alpha value is -1.23. The first-order valence-electron chi connectivity index (χ1n) is 5.71. The number of carboxylic acids is 1. The van der Waals surface area contributed by atoms with Crippen LogP contribution in [0.5, 0.6) is 5.75 Å². The molecule has 1 aromatic rings. The molecule has 18 heavy (non-hydrogen) atoms. The fraction of sp³-hybridized carbons (Fsp3) is 0.462. The van der Waals surface area contributed by atoms with Gasteiger partial charge in [-0.3, -0.25) is 4.79 Å². The van der Waals surface area contributed by atoms with Crippen LogP contribution in [0.3, 0.4) is 0 Å². The maximum absolute atomic E-state index is 13.0. The van der Waals surface area contributed by atoms with Gasteiger partial charge in [-0.2, -0.15) is 0 Å². The number of ether oxygens (including phenoxy) is 1. The van der Waals surface area contributed by atoms with Crippen LogP contribution < -0.4 is 4.74 Å². The molecule has 0 saturated carbocycles. The van der Waals surface area contributed by atoms with Crippen LogP contribution in [-0.2, 0) is 11.2 Å². The topological polar surface area (TPSA) is 46.5 Å². The molecule has 3 nitrogen and oxygen atoms in total. The quantitative estimate of drug-likeness (QED) is 0.913. The molecule has 98 valence electrons. The van der Waals surface area contributed by atoms with Crippen LogP contribution in [0, 0.1) is 5.82 Å². The fourth-order valence-electron chi connectivity index (χ4n) is 1.74. The second-order valence-corrected chi connectivity index (χ2v) is 6.47. The van der Waals surface area contributed by atoms with E-state index in [1.165, 1.54) is 23.9 Å². The van der Waals surface area contributed by atoms with Crippen LogP contribution in [0.25, 0.3) is 0 Å². The molecule has 2 rings (SSSR count). The lowest BCUT2D eigenvalue weighted by atomic mass is 10.1. The molecule has 0 spiro atoms. The van der Waals surface area contributed by atoms with E-state index in [1.807, 2.05) is 0 Å². The average Bonchev–Trinajstić information content (AvgIpc) is 2.68. The molecule has 1 heterocycles. The predicted molar refractivity (Wildman–Crippen MR) is 68.7 cm³/mol. The molecule has 5 heteroatoms. The standard InChI is InChI=1S/C13H15FO3S/c1-13(2,12(15)16)18-7-10-6-8-5-9(14)3-4-11(8)17-10/h3-5,10H,6-7H2,1-2H3,(H,15,16). The molecule has 0 aromatic heterocycles. The maximum Gasteiger partial charge on any atom is 0.319 e. The Kier molecular flexibility index (Phi) is 3.52. The Morgan fingerprint density at radius 1 is 1.61 bits per heavy atom. The molecule has 1 unspecified atom stereocenters. The zero-order chi connectivity index (χ0) is 13.3. The summed E-state index contributed by atoms with van der Waals surface area (Å²) < 4.78 is 17.9. The number of benzene rings is 1. The van der Waals surface area contributed by atoms with Crippen LogP contribution >= 0.6 is 11.8 Å². The molecule has 0 aliphatic carbocycles. The normalized spacial score (nSPS) is 18.3. The van der Waals surface area contributed by atoms with Gasteiger partial charge in [-0.1, -0.05) is 0 Å². The van der Waals surface area contributed by atoms with E-state index < -0.39 is 10.7 Å². The summed E-state index contributed by atoms with van der Waals surface area (Å²) in [5, 5.41) is 9.01. The summed E-state index contributed by atoms with van der Waals surface area (Å²) in [6.07, 6.45) is 0.556. The Labute approximate surface area is 109 Å². The second-order valence-electron chi connectivity index (χ2n) is 4.82. The van der Waals surface area contributed by atoms with Gasteiger partial charge in [0.1, 0.15) is 22.4 Å². The molecule has 1 aliphatic rings. The smallest absolute Gasteiger partial charge is 0.319 e. The predicted octanol–water partition coefficient (Wildman–Crippen LogP) is 2.73. The molecule has 0 saturated heterocycles. The molecule has 1 N–H and O–H groups in total. The fourth-order valence-corrected chi connectivity index (χ4v) is 2.66. The first-order chi connectivity index (χ1) is 8.38. The van der Waals surface area contributed by atoms with Gasteiger partial charge in [0.25, 0.3) is 0 Å². The molecule has 0 fully saturated rings. The molecule has 1 atom stereocenters. The zero-order valence-corrected chi connectivity index (χ0v) is 11.1. The minimum atomic E-state index is -0.839.